The molecule has 1 N–H and O–H groups in total. The molecule has 3 heterocycles. The molecule has 0 saturated heterocycles. The van der Waals surface area contributed by atoms with E-state index in [-0.39, 0.29) is 11.5 Å². The van der Waals surface area contributed by atoms with Gasteiger partial charge in [-0.05, 0) is 24.6 Å². The number of hydrogen-bond acceptors (Lipinski definition) is 7. The topological polar surface area (TPSA) is 94.7 Å². The van der Waals surface area contributed by atoms with Crippen LogP contribution in [0.4, 0.5) is 0 Å². The number of benzene rings is 2. The fraction of sp³-hybridized carbons (Fsp3) is 0.208. The smallest absolute Gasteiger partial charge is 0.264 e. The van der Waals surface area contributed by atoms with Crippen molar-refractivity contribution in [1.29, 1.82) is 0 Å². The molecule has 0 radical (unpaired) electrons. The van der Waals surface area contributed by atoms with Gasteiger partial charge in [0.05, 0.1) is 35.3 Å². The van der Waals surface area contributed by atoms with E-state index >= 15 is 0 Å². The van der Waals surface area contributed by atoms with Gasteiger partial charge in [-0.15, -0.1) is 11.3 Å². The van der Waals surface area contributed by atoms with Gasteiger partial charge in [-0.25, -0.2) is 14.6 Å². The zero-order chi connectivity index (χ0) is 23.5. The first-order chi connectivity index (χ1) is 16.6. The van der Waals surface area contributed by atoms with Crippen LogP contribution >= 0.6 is 23.1 Å². The lowest BCUT2D eigenvalue weighted by Gasteiger charge is -2.08. The van der Waals surface area contributed by atoms with Crippen molar-refractivity contribution in [2.24, 2.45) is 0 Å². The van der Waals surface area contributed by atoms with Gasteiger partial charge in [-0.1, -0.05) is 53.7 Å². The number of amides is 1. The Balaban J connectivity index is 1.17. The number of hydrogen-bond donors (Lipinski definition) is 1. The summed E-state index contributed by atoms with van der Waals surface area (Å²) in [7, 11) is 0. The zero-order valence-corrected chi connectivity index (χ0v) is 20.1. The number of aromatic nitrogens is 5. The average molecular weight is 491 g/mol. The molecule has 3 aromatic heterocycles. The van der Waals surface area contributed by atoms with Crippen molar-refractivity contribution in [2.75, 3.05) is 12.3 Å². The summed E-state index contributed by atoms with van der Waals surface area (Å²) in [5.41, 5.74) is 3.53. The van der Waals surface area contributed by atoms with Crippen LogP contribution < -0.4 is 10.9 Å². The maximum absolute atomic E-state index is 12.9. The zero-order valence-electron chi connectivity index (χ0n) is 18.5. The van der Waals surface area contributed by atoms with Crippen LogP contribution in [0, 0.1) is 6.92 Å². The van der Waals surface area contributed by atoms with E-state index in [0.717, 1.165) is 25.7 Å². The number of thiazole rings is 1. The first-order valence-electron chi connectivity index (χ1n) is 10.8. The van der Waals surface area contributed by atoms with Gasteiger partial charge >= 0.3 is 0 Å². The van der Waals surface area contributed by atoms with E-state index in [0.29, 0.717) is 36.4 Å². The number of para-hydroxylation sites is 1. The fourth-order valence-electron chi connectivity index (χ4n) is 3.67. The highest BCUT2D eigenvalue weighted by atomic mass is 32.2. The molecule has 8 nitrogen and oxygen atoms in total. The van der Waals surface area contributed by atoms with Gasteiger partial charge in [0, 0.05) is 6.54 Å². The molecule has 0 aliphatic rings. The molecule has 0 unspecified atom stereocenters. The third kappa shape index (κ3) is 4.87. The number of nitrogens with one attached hydrogen (secondary N) is 1. The van der Waals surface area contributed by atoms with E-state index in [1.807, 2.05) is 49.4 Å². The van der Waals surface area contributed by atoms with Gasteiger partial charge in [0.1, 0.15) is 11.7 Å². The van der Waals surface area contributed by atoms with Crippen molar-refractivity contribution in [3.63, 3.8) is 0 Å². The molecule has 172 valence electrons. The predicted molar refractivity (Wildman–Crippen MR) is 135 cm³/mol. The SMILES string of the molecule is Cc1cccc(Cn2cnc3c(cnn3CCNC(=O)CSc3nc4ccccc4s3)c2=O)c1. The van der Waals surface area contributed by atoms with Crippen molar-refractivity contribution in [3.8, 4) is 0 Å². The van der Waals surface area contributed by atoms with Crippen molar-refractivity contribution < 1.29 is 4.79 Å². The Labute approximate surface area is 203 Å². The number of aryl methyl sites for hydroxylation is 1. The van der Waals surface area contributed by atoms with Gasteiger partial charge in [0.2, 0.25) is 5.91 Å². The molecule has 34 heavy (non-hydrogen) atoms. The molecule has 0 bridgehead atoms. The molecule has 0 aliphatic carbocycles. The summed E-state index contributed by atoms with van der Waals surface area (Å²) in [6.45, 7) is 3.30. The van der Waals surface area contributed by atoms with Gasteiger partial charge in [0.15, 0.2) is 9.99 Å². The summed E-state index contributed by atoms with van der Waals surface area (Å²) in [4.78, 5) is 34.1. The molecular weight excluding hydrogens is 468 g/mol. The number of rotatable bonds is 8. The van der Waals surface area contributed by atoms with Gasteiger partial charge in [-0.2, -0.15) is 5.10 Å². The molecule has 0 atom stereocenters. The Morgan fingerprint density at radius 1 is 1.18 bits per heavy atom. The largest absolute Gasteiger partial charge is 0.354 e. The molecule has 2 aromatic carbocycles. The second-order valence-corrected chi connectivity index (χ2v) is 10.1. The van der Waals surface area contributed by atoms with Crippen LogP contribution in [0.3, 0.4) is 0 Å². The normalized spacial score (nSPS) is 11.3. The first-order valence-corrected chi connectivity index (χ1v) is 12.6. The Kier molecular flexibility index (Phi) is 6.41. The third-order valence-corrected chi connectivity index (χ3v) is 7.48. The summed E-state index contributed by atoms with van der Waals surface area (Å²) < 4.78 is 5.22. The van der Waals surface area contributed by atoms with Crippen LogP contribution in [0.5, 0.6) is 0 Å². The van der Waals surface area contributed by atoms with E-state index in [1.165, 1.54) is 11.8 Å². The second kappa shape index (κ2) is 9.78. The highest BCUT2D eigenvalue weighted by Crippen LogP contribution is 2.29. The molecule has 5 aromatic rings. The standard InChI is InChI=1S/C24H22N6O2S2/c1-16-5-4-6-17(11-16)13-29-15-26-22-18(23(29)32)12-27-30(22)10-9-25-21(31)14-33-24-28-19-7-2-3-8-20(19)34-24/h2-8,11-12,15H,9-10,13-14H2,1H3,(H,25,31). The van der Waals surface area contributed by atoms with Crippen LogP contribution in [0.1, 0.15) is 11.1 Å². The number of nitrogens with zero attached hydrogens (tertiary/aromatic N) is 5. The molecule has 5 rings (SSSR count). The molecular formula is C24H22N6O2S2. The summed E-state index contributed by atoms with van der Waals surface area (Å²) in [6.07, 6.45) is 3.10. The first kappa shape index (κ1) is 22.3. The van der Waals surface area contributed by atoms with Crippen molar-refractivity contribution in [3.05, 3.63) is 82.5 Å². The Morgan fingerprint density at radius 3 is 2.91 bits per heavy atom. The van der Waals surface area contributed by atoms with E-state index in [2.05, 4.69) is 26.4 Å². The quantitative estimate of drug-likeness (QED) is 0.335. The van der Waals surface area contributed by atoms with E-state index in [1.54, 1.807) is 33.1 Å². The van der Waals surface area contributed by atoms with Crippen molar-refractivity contribution >= 4 is 50.3 Å². The van der Waals surface area contributed by atoms with Crippen LogP contribution in [0.25, 0.3) is 21.3 Å². The monoisotopic (exact) mass is 490 g/mol. The second-order valence-electron chi connectivity index (χ2n) is 7.86. The van der Waals surface area contributed by atoms with Crippen molar-refractivity contribution in [1.82, 2.24) is 29.6 Å². The minimum Gasteiger partial charge on any atom is -0.354 e. The molecule has 0 saturated carbocycles. The summed E-state index contributed by atoms with van der Waals surface area (Å²) >= 11 is 3.01. The van der Waals surface area contributed by atoms with Crippen LogP contribution in [-0.2, 0) is 17.9 Å². The average Bonchev–Trinajstić information content (AvgIpc) is 3.44. The summed E-state index contributed by atoms with van der Waals surface area (Å²) in [5.74, 6) is 0.218. The lowest BCUT2D eigenvalue weighted by molar-refractivity contribution is -0.118. The van der Waals surface area contributed by atoms with Crippen molar-refractivity contribution in [2.45, 2.75) is 24.4 Å². The third-order valence-electron chi connectivity index (χ3n) is 5.30. The van der Waals surface area contributed by atoms with Gasteiger partial charge in [-0.3, -0.25) is 14.2 Å². The Bertz CT molecular complexity index is 1500. The molecule has 0 aliphatic heterocycles. The molecule has 0 fully saturated rings. The van der Waals surface area contributed by atoms with Crippen LogP contribution in [-0.4, -0.2) is 42.5 Å². The molecule has 1 amide bonds. The summed E-state index contributed by atoms with van der Waals surface area (Å²) in [5, 5.41) is 7.67. The van der Waals surface area contributed by atoms with Crippen LogP contribution in [0.15, 0.2) is 70.2 Å². The number of carbonyl (C=O) groups excluding carboxylic acids is 1. The fourth-order valence-corrected chi connectivity index (χ4v) is 5.57. The van der Waals surface area contributed by atoms with Gasteiger partial charge < -0.3 is 5.32 Å². The number of carbonyl (C=O) groups is 1. The predicted octanol–water partition coefficient (Wildman–Crippen LogP) is 3.47. The Hall–Kier alpha value is -3.50. The maximum atomic E-state index is 12.9. The number of thioether (sulfide) groups is 1. The number of fused-ring (bicyclic) bond motifs is 2. The molecule has 0 spiro atoms. The highest BCUT2D eigenvalue weighted by molar-refractivity contribution is 8.01. The minimum absolute atomic E-state index is 0.0748. The minimum atomic E-state index is -0.131. The lowest BCUT2D eigenvalue weighted by Crippen LogP contribution is -2.29. The van der Waals surface area contributed by atoms with E-state index < -0.39 is 0 Å². The van der Waals surface area contributed by atoms with E-state index in [4.69, 9.17) is 0 Å². The Morgan fingerprint density at radius 2 is 2.06 bits per heavy atom. The van der Waals surface area contributed by atoms with E-state index in [9.17, 15) is 9.59 Å². The lowest BCUT2D eigenvalue weighted by atomic mass is 10.1. The maximum Gasteiger partial charge on any atom is 0.264 e. The van der Waals surface area contributed by atoms with Crippen LogP contribution in [0.2, 0.25) is 0 Å². The van der Waals surface area contributed by atoms with Gasteiger partial charge in [0.25, 0.3) is 5.56 Å². The molecule has 10 heteroatoms. The highest BCUT2D eigenvalue weighted by Gasteiger charge is 2.12. The summed E-state index contributed by atoms with van der Waals surface area (Å²) in [6, 6.07) is 16.0.